The molecule has 0 saturated heterocycles. The molecule has 0 saturated carbocycles. The van der Waals surface area contributed by atoms with Gasteiger partial charge in [0.25, 0.3) is 5.89 Å². The smallest absolute Gasteiger partial charge is 0.266 e. The standard InChI is InChI=1S/C18H12BrN3O/c1-11-6-8-15-12(10-11)7-9-16(20-15)18-22-21-17(23-18)13-4-2-3-5-14(13)19/h2-10H,1H3. The molecule has 4 rings (SSSR count). The largest absolute Gasteiger partial charge is 0.415 e. The van der Waals surface area contributed by atoms with E-state index in [-0.39, 0.29) is 0 Å². The van der Waals surface area contributed by atoms with Gasteiger partial charge in [-0.3, -0.25) is 0 Å². The predicted molar refractivity (Wildman–Crippen MR) is 92.9 cm³/mol. The third kappa shape index (κ3) is 2.64. The molecule has 0 amide bonds. The van der Waals surface area contributed by atoms with Crippen molar-refractivity contribution in [2.24, 2.45) is 0 Å². The average Bonchev–Trinajstić information content (AvgIpc) is 3.04. The Balaban J connectivity index is 1.77. The van der Waals surface area contributed by atoms with Crippen LogP contribution in [0, 0.1) is 6.92 Å². The molecule has 2 aromatic heterocycles. The van der Waals surface area contributed by atoms with Crippen LogP contribution in [0.25, 0.3) is 33.9 Å². The van der Waals surface area contributed by atoms with Crippen molar-refractivity contribution >= 4 is 26.8 Å². The van der Waals surface area contributed by atoms with Gasteiger partial charge in [0.1, 0.15) is 5.69 Å². The molecule has 4 aromatic rings. The average molecular weight is 366 g/mol. The molecule has 0 aliphatic rings. The summed E-state index contributed by atoms with van der Waals surface area (Å²) >= 11 is 3.49. The lowest BCUT2D eigenvalue weighted by atomic mass is 10.1. The molecule has 112 valence electrons. The van der Waals surface area contributed by atoms with Gasteiger partial charge in [-0.15, -0.1) is 10.2 Å². The van der Waals surface area contributed by atoms with Crippen LogP contribution in [0.1, 0.15) is 5.56 Å². The summed E-state index contributed by atoms with van der Waals surface area (Å²) in [5.74, 6) is 0.886. The zero-order valence-corrected chi connectivity index (χ0v) is 13.9. The van der Waals surface area contributed by atoms with Crippen LogP contribution in [0.2, 0.25) is 0 Å². The molecule has 0 atom stereocenters. The minimum absolute atomic E-state index is 0.415. The Labute approximate surface area is 141 Å². The fourth-order valence-corrected chi connectivity index (χ4v) is 2.89. The van der Waals surface area contributed by atoms with Crippen LogP contribution in [-0.2, 0) is 0 Å². The summed E-state index contributed by atoms with van der Waals surface area (Å²) in [6.45, 7) is 2.06. The van der Waals surface area contributed by atoms with E-state index in [0.29, 0.717) is 17.5 Å². The lowest BCUT2D eigenvalue weighted by Gasteiger charge is -2.01. The molecule has 0 aliphatic carbocycles. The van der Waals surface area contributed by atoms with Crippen LogP contribution in [0.15, 0.2) is 63.5 Å². The van der Waals surface area contributed by atoms with Gasteiger partial charge in [-0.2, -0.15) is 0 Å². The Morgan fingerprint density at radius 2 is 1.74 bits per heavy atom. The number of benzene rings is 2. The van der Waals surface area contributed by atoms with E-state index < -0.39 is 0 Å². The molecule has 0 fully saturated rings. The highest BCUT2D eigenvalue weighted by molar-refractivity contribution is 9.10. The van der Waals surface area contributed by atoms with Gasteiger partial charge >= 0.3 is 0 Å². The molecule has 0 radical (unpaired) electrons. The zero-order valence-electron chi connectivity index (χ0n) is 12.3. The summed E-state index contributed by atoms with van der Waals surface area (Å²) in [5.41, 5.74) is 3.66. The van der Waals surface area contributed by atoms with Crippen LogP contribution in [0.5, 0.6) is 0 Å². The van der Waals surface area contributed by atoms with Crippen molar-refractivity contribution in [2.45, 2.75) is 6.92 Å². The number of pyridine rings is 1. The number of hydrogen-bond acceptors (Lipinski definition) is 4. The fourth-order valence-electron chi connectivity index (χ4n) is 2.43. The first-order valence-corrected chi connectivity index (χ1v) is 7.96. The SMILES string of the molecule is Cc1ccc2nc(-c3nnc(-c4ccccc4Br)o3)ccc2c1. The normalized spacial score (nSPS) is 11.0. The number of rotatable bonds is 2. The lowest BCUT2D eigenvalue weighted by Crippen LogP contribution is -1.86. The van der Waals surface area contributed by atoms with E-state index in [9.17, 15) is 0 Å². The zero-order chi connectivity index (χ0) is 15.8. The molecular formula is C18H12BrN3O. The van der Waals surface area contributed by atoms with Gasteiger partial charge < -0.3 is 4.42 Å². The van der Waals surface area contributed by atoms with E-state index in [1.165, 1.54) is 5.56 Å². The van der Waals surface area contributed by atoms with Crippen molar-refractivity contribution in [1.82, 2.24) is 15.2 Å². The highest BCUT2D eigenvalue weighted by atomic mass is 79.9. The second-order valence-electron chi connectivity index (χ2n) is 5.28. The molecule has 0 bridgehead atoms. The van der Waals surface area contributed by atoms with Gasteiger partial charge in [0.05, 0.1) is 11.1 Å². The van der Waals surface area contributed by atoms with Crippen molar-refractivity contribution in [1.29, 1.82) is 0 Å². The molecular weight excluding hydrogens is 354 g/mol. The van der Waals surface area contributed by atoms with Crippen molar-refractivity contribution in [3.8, 4) is 23.0 Å². The van der Waals surface area contributed by atoms with Gasteiger partial charge in [-0.25, -0.2) is 4.98 Å². The molecule has 0 N–H and O–H groups in total. The topological polar surface area (TPSA) is 51.8 Å². The summed E-state index contributed by atoms with van der Waals surface area (Å²) in [4.78, 5) is 4.61. The van der Waals surface area contributed by atoms with Gasteiger partial charge in [-0.1, -0.05) is 29.8 Å². The Hall–Kier alpha value is -2.53. The first kappa shape index (κ1) is 14.1. The maximum Gasteiger partial charge on any atom is 0.266 e. The number of aryl methyl sites for hydroxylation is 1. The summed E-state index contributed by atoms with van der Waals surface area (Å²) in [6.07, 6.45) is 0. The molecule has 0 unspecified atom stereocenters. The number of fused-ring (bicyclic) bond motifs is 1. The fraction of sp³-hybridized carbons (Fsp3) is 0.0556. The molecule has 0 spiro atoms. The van der Waals surface area contributed by atoms with Crippen LogP contribution < -0.4 is 0 Å². The summed E-state index contributed by atoms with van der Waals surface area (Å²) < 4.78 is 6.71. The Morgan fingerprint density at radius 3 is 2.61 bits per heavy atom. The van der Waals surface area contributed by atoms with Crippen LogP contribution in [0.4, 0.5) is 0 Å². The van der Waals surface area contributed by atoms with Crippen molar-refractivity contribution in [3.05, 3.63) is 64.6 Å². The molecule has 4 nitrogen and oxygen atoms in total. The number of halogens is 1. The van der Waals surface area contributed by atoms with Crippen LogP contribution in [-0.4, -0.2) is 15.2 Å². The monoisotopic (exact) mass is 365 g/mol. The summed E-state index contributed by atoms with van der Waals surface area (Å²) in [6, 6.07) is 17.8. The number of hydrogen-bond donors (Lipinski definition) is 0. The van der Waals surface area contributed by atoms with E-state index in [2.05, 4.69) is 44.1 Å². The Morgan fingerprint density at radius 1 is 0.913 bits per heavy atom. The third-order valence-electron chi connectivity index (χ3n) is 3.59. The van der Waals surface area contributed by atoms with Gasteiger partial charge in [0.2, 0.25) is 5.89 Å². The second kappa shape index (κ2) is 5.59. The number of aromatic nitrogens is 3. The third-order valence-corrected chi connectivity index (χ3v) is 4.28. The predicted octanol–water partition coefficient (Wildman–Crippen LogP) is 5.02. The van der Waals surface area contributed by atoms with Gasteiger partial charge in [-0.05, 0) is 53.2 Å². The first-order chi connectivity index (χ1) is 11.2. The maximum atomic E-state index is 5.79. The second-order valence-corrected chi connectivity index (χ2v) is 6.14. The van der Waals surface area contributed by atoms with Crippen LogP contribution in [0.3, 0.4) is 0 Å². The van der Waals surface area contributed by atoms with Gasteiger partial charge in [0, 0.05) is 9.86 Å². The van der Waals surface area contributed by atoms with Gasteiger partial charge in [0.15, 0.2) is 0 Å². The van der Waals surface area contributed by atoms with E-state index in [4.69, 9.17) is 4.42 Å². The van der Waals surface area contributed by atoms with Crippen LogP contribution >= 0.6 is 15.9 Å². The van der Waals surface area contributed by atoms with Crippen molar-refractivity contribution in [2.75, 3.05) is 0 Å². The van der Waals surface area contributed by atoms with Crippen molar-refractivity contribution in [3.63, 3.8) is 0 Å². The summed E-state index contributed by atoms with van der Waals surface area (Å²) in [7, 11) is 0. The first-order valence-electron chi connectivity index (χ1n) is 7.17. The molecule has 23 heavy (non-hydrogen) atoms. The Bertz CT molecular complexity index is 1010. The minimum Gasteiger partial charge on any atom is -0.415 e. The van der Waals surface area contributed by atoms with E-state index in [0.717, 1.165) is 20.9 Å². The maximum absolute atomic E-state index is 5.79. The van der Waals surface area contributed by atoms with E-state index in [1.54, 1.807) is 0 Å². The Kier molecular flexibility index (Phi) is 3.42. The lowest BCUT2D eigenvalue weighted by molar-refractivity contribution is 0.582. The quantitative estimate of drug-likeness (QED) is 0.500. The van der Waals surface area contributed by atoms with E-state index in [1.807, 2.05) is 48.5 Å². The van der Waals surface area contributed by atoms with Crippen molar-refractivity contribution < 1.29 is 4.42 Å². The highest BCUT2D eigenvalue weighted by Gasteiger charge is 2.13. The molecule has 5 heteroatoms. The molecule has 0 aliphatic heterocycles. The number of nitrogens with zero attached hydrogens (tertiary/aromatic N) is 3. The molecule has 2 heterocycles. The van der Waals surface area contributed by atoms with E-state index >= 15 is 0 Å². The molecule has 2 aromatic carbocycles. The highest BCUT2D eigenvalue weighted by Crippen LogP contribution is 2.29. The summed E-state index contributed by atoms with van der Waals surface area (Å²) in [5, 5.41) is 9.36. The minimum atomic E-state index is 0.415.